The molecule has 1 saturated carbocycles. The number of aryl methyl sites for hydroxylation is 1. The Labute approximate surface area is 139 Å². The summed E-state index contributed by atoms with van der Waals surface area (Å²) in [5.74, 6) is 0.916. The molecule has 118 valence electrons. The highest BCUT2D eigenvalue weighted by Crippen LogP contribution is 2.48. The maximum Gasteiger partial charge on any atom is 0.00879 e. The van der Waals surface area contributed by atoms with Crippen molar-refractivity contribution in [2.24, 2.45) is 16.7 Å². The van der Waals surface area contributed by atoms with Crippen LogP contribution in [0.2, 0.25) is 0 Å². The van der Waals surface area contributed by atoms with Gasteiger partial charge in [0.1, 0.15) is 0 Å². The van der Waals surface area contributed by atoms with Gasteiger partial charge in [0.15, 0.2) is 0 Å². The molecule has 0 bridgehead atoms. The lowest BCUT2D eigenvalue weighted by molar-refractivity contribution is 0.0960. The van der Waals surface area contributed by atoms with E-state index in [-0.39, 0.29) is 0 Å². The van der Waals surface area contributed by atoms with E-state index in [0.29, 0.717) is 10.8 Å². The third kappa shape index (κ3) is 4.84. The van der Waals surface area contributed by atoms with Gasteiger partial charge >= 0.3 is 0 Å². The predicted octanol–water partition coefficient (Wildman–Crippen LogP) is 6.63. The second-order valence-electron chi connectivity index (χ2n) is 8.11. The minimum Gasteiger partial charge on any atom is -0.0922 e. The second-order valence-corrected chi connectivity index (χ2v) is 8.67. The molecule has 0 spiro atoms. The van der Waals surface area contributed by atoms with E-state index >= 15 is 0 Å². The Morgan fingerprint density at radius 3 is 2.24 bits per heavy atom. The van der Waals surface area contributed by atoms with Gasteiger partial charge in [-0.15, -0.1) is 0 Å². The first kappa shape index (κ1) is 17.1. The van der Waals surface area contributed by atoms with Gasteiger partial charge in [-0.3, -0.25) is 0 Å². The quantitative estimate of drug-likeness (QED) is 0.523. The smallest absolute Gasteiger partial charge is 0.00879 e. The molecular formula is C20H31Br. The summed E-state index contributed by atoms with van der Waals surface area (Å²) < 4.78 is 0. The fourth-order valence-electron chi connectivity index (χ4n) is 3.86. The maximum absolute atomic E-state index is 3.82. The highest BCUT2D eigenvalue weighted by Gasteiger charge is 2.37. The van der Waals surface area contributed by atoms with E-state index in [1.165, 1.54) is 55.8 Å². The predicted molar refractivity (Wildman–Crippen MR) is 97.0 cm³/mol. The molecule has 1 heteroatoms. The number of alkyl halides is 1. The van der Waals surface area contributed by atoms with E-state index < -0.39 is 0 Å². The van der Waals surface area contributed by atoms with E-state index in [9.17, 15) is 0 Å². The third-order valence-corrected chi connectivity index (χ3v) is 6.76. The molecular weight excluding hydrogens is 320 g/mol. The molecule has 1 aromatic carbocycles. The fraction of sp³-hybridized carbons (Fsp3) is 0.700. The largest absolute Gasteiger partial charge is 0.0922 e. The van der Waals surface area contributed by atoms with Crippen molar-refractivity contribution in [3.8, 4) is 0 Å². The van der Waals surface area contributed by atoms with Crippen LogP contribution in [0.5, 0.6) is 0 Å². The summed E-state index contributed by atoms with van der Waals surface area (Å²) in [6.45, 7) is 7.23. The van der Waals surface area contributed by atoms with Gasteiger partial charge in [-0.05, 0) is 67.3 Å². The first-order chi connectivity index (χ1) is 9.95. The molecule has 1 fully saturated rings. The lowest BCUT2D eigenvalue weighted by atomic mass is 9.63. The Kier molecular flexibility index (Phi) is 5.94. The number of rotatable bonds is 5. The minimum absolute atomic E-state index is 0.489. The van der Waals surface area contributed by atoms with Crippen molar-refractivity contribution in [1.82, 2.24) is 0 Å². The van der Waals surface area contributed by atoms with Gasteiger partial charge in [0.05, 0.1) is 0 Å². The molecule has 21 heavy (non-hydrogen) atoms. The van der Waals surface area contributed by atoms with Crippen LogP contribution in [0, 0.1) is 16.7 Å². The molecule has 2 rings (SSSR count). The molecule has 0 unspecified atom stereocenters. The molecule has 0 heterocycles. The molecule has 1 aromatic rings. The lowest BCUT2D eigenvalue weighted by Crippen LogP contribution is -2.33. The first-order valence-corrected chi connectivity index (χ1v) is 9.67. The Morgan fingerprint density at radius 2 is 1.71 bits per heavy atom. The Morgan fingerprint density at radius 1 is 1.10 bits per heavy atom. The van der Waals surface area contributed by atoms with E-state index in [1.54, 1.807) is 0 Å². The van der Waals surface area contributed by atoms with Gasteiger partial charge in [0, 0.05) is 5.33 Å². The topological polar surface area (TPSA) is 0 Å². The molecule has 1 aliphatic carbocycles. The summed E-state index contributed by atoms with van der Waals surface area (Å²) >= 11 is 3.82. The fourth-order valence-corrected chi connectivity index (χ4v) is 4.70. The Balaban J connectivity index is 1.83. The van der Waals surface area contributed by atoms with E-state index in [0.717, 1.165) is 5.92 Å². The normalized spacial score (nSPS) is 26.8. The van der Waals surface area contributed by atoms with Gasteiger partial charge in [-0.2, -0.15) is 0 Å². The summed E-state index contributed by atoms with van der Waals surface area (Å²) in [5.41, 5.74) is 2.55. The van der Waals surface area contributed by atoms with E-state index in [4.69, 9.17) is 0 Å². The van der Waals surface area contributed by atoms with Gasteiger partial charge in [-0.25, -0.2) is 0 Å². The number of halogens is 1. The van der Waals surface area contributed by atoms with Crippen molar-refractivity contribution in [3.05, 3.63) is 35.9 Å². The molecule has 1 aliphatic rings. The minimum atomic E-state index is 0.489. The highest BCUT2D eigenvalue weighted by atomic mass is 79.9. The molecule has 0 nitrogen and oxygen atoms in total. The first-order valence-electron chi connectivity index (χ1n) is 8.55. The van der Waals surface area contributed by atoms with Crippen molar-refractivity contribution >= 4 is 15.9 Å². The van der Waals surface area contributed by atoms with Crippen LogP contribution in [0.3, 0.4) is 0 Å². The summed E-state index contributed by atoms with van der Waals surface area (Å²) in [5, 5.41) is 1.19. The van der Waals surface area contributed by atoms with Crippen LogP contribution in [-0.2, 0) is 6.42 Å². The number of hydrogen-bond acceptors (Lipinski definition) is 0. The van der Waals surface area contributed by atoms with Gasteiger partial charge in [0.2, 0.25) is 0 Å². The molecule has 0 aromatic heterocycles. The number of hydrogen-bond donors (Lipinski definition) is 0. The standard InChI is InChI=1S/C20H31Br/c1-19(2,3)18-11-14-20(16-21,15-12-18)13-7-10-17-8-5-4-6-9-17/h4-6,8-9,18H,7,10-16H2,1-3H3. The van der Waals surface area contributed by atoms with Gasteiger partial charge in [0.25, 0.3) is 0 Å². The van der Waals surface area contributed by atoms with Crippen molar-refractivity contribution in [2.45, 2.75) is 65.7 Å². The summed E-state index contributed by atoms with van der Waals surface area (Å²) in [4.78, 5) is 0. The molecule has 0 aliphatic heterocycles. The lowest BCUT2D eigenvalue weighted by Gasteiger charge is -2.43. The zero-order valence-corrected chi connectivity index (χ0v) is 15.6. The van der Waals surface area contributed by atoms with Gasteiger partial charge < -0.3 is 0 Å². The third-order valence-electron chi connectivity index (χ3n) is 5.57. The molecule has 0 radical (unpaired) electrons. The van der Waals surface area contributed by atoms with Crippen molar-refractivity contribution in [1.29, 1.82) is 0 Å². The van der Waals surface area contributed by atoms with Crippen LogP contribution in [-0.4, -0.2) is 5.33 Å². The van der Waals surface area contributed by atoms with Crippen molar-refractivity contribution in [3.63, 3.8) is 0 Å². The maximum atomic E-state index is 3.82. The van der Waals surface area contributed by atoms with Crippen LogP contribution in [0.1, 0.15) is 64.9 Å². The second kappa shape index (κ2) is 7.31. The van der Waals surface area contributed by atoms with Crippen molar-refractivity contribution < 1.29 is 0 Å². The molecule has 0 atom stereocenters. The average molecular weight is 351 g/mol. The van der Waals surface area contributed by atoms with Crippen LogP contribution >= 0.6 is 15.9 Å². The summed E-state index contributed by atoms with van der Waals surface area (Å²) in [7, 11) is 0. The monoisotopic (exact) mass is 350 g/mol. The van der Waals surface area contributed by atoms with Crippen LogP contribution in [0.15, 0.2) is 30.3 Å². The van der Waals surface area contributed by atoms with Crippen molar-refractivity contribution in [2.75, 3.05) is 5.33 Å². The van der Waals surface area contributed by atoms with E-state index in [2.05, 4.69) is 67.0 Å². The highest BCUT2D eigenvalue weighted by molar-refractivity contribution is 9.09. The molecule has 0 saturated heterocycles. The van der Waals surface area contributed by atoms with E-state index in [1.807, 2.05) is 0 Å². The SMILES string of the molecule is CC(C)(C)C1CCC(CBr)(CCCc2ccccc2)CC1. The van der Waals surface area contributed by atoms with Crippen LogP contribution < -0.4 is 0 Å². The number of benzene rings is 1. The molecule has 0 amide bonds. The zero-order valence-electron chi connectivity index (χ0n) is 14.0. The Bertz CT molecular complexity index is 407. The zero-order chi connectivity index (χ0) is 15.3. The van der Waals surface area contributed by atoms with Crippen LogP contribution in [0.4, 0.5) is 0 Å². The average Bonchev–Trinajstić information content (AvgIpc) is 2.48. The Hall–Kier alpha value is -0.300. The molecule has 0 N–H and O–H groups in total. The summed E-state index contributed by atoms with van der Waals surface area (Å²) in [6, 6.07) is 10.9. The van der Waals surface area contributed by atoms with Crippen LogP contribution in [0.25, 0.3) is 0 Å². The van der Waals surface area contributed by atoms with Gasteiger partial charge in [-0.1, -0.05) is 67.0 Å². The summed E-state index contributed by atoms with van der Waals surface area (Å²) in [6.07, 6.45) is 9.60.